The van der Waals surface area contributed by atoms with E-state index >= 15 is 0 Å². The van der Waals surface area contributed by atoms with Crippen molar-refractivity contribution in [3.63, 3.8) is 0 Å². The van der Waals surface area contributed by atoms with Gasteiger partial charge in [0.25, 0.3) is 0 Å². The highest BCUT2D eigenvalue weighted by molar-refractivity contribution is 5.17. The number of hydrogen-bond donors (Lipinski definition) is 1. The van der Waals surface area contributed by atoms with Crippen molar-refractivity contribution >= 4 is 0 Å². The molecule has 0 saturated heterocycles. The van der Waals surface area contributed by atoms with E-state index < -0.39 is 11.9 Å². The maximum atomic E-state index is 13.8. The summed E-state index contributed by atoms with van der Waals surface area (Å²) >= 11 is 0. The van der Waals surface area contributed by atoms with E-state index in [0.717, 1.165) is 12.0 Å². The van der Waals surface area contributed by atoms with Gasteiger partial charge in [-0.25, -0.2) is 4.39 Å². The summed E-state index contributed by atoms with van der Waals surface area (Å²) in [6, 6.07) is 19.8. The first kappa shape index (κ1) is 15.5. The van der Waals surface area contributed by atoms with Crippen LogP contribution in [0.1, 0.15) is 24.0 Å². The zero-order chi connectivity index (χ0) is 14.9. The van der Waals surface area contributed by atoms with Crippen LogP contribution in [0.3, 0.4) is 0 Å². The molecule has 2 aromatic carbocycles. The van der Waals surface area contributed by atoms with Crippen LogP contribution in [0.2, 0.25) is 0 Å². The zero-order valence-corrected chi connectivity index (χ0v) is 12.1. The van der Waals surface area contributed by atoms with Crippen molar-refractivity contribution in [3.05, 3.63) is 83.7 Å². The summed E-state index contributed by atoms with van der Waals surface area (Å²) in [5.74, 6) is -0.415. The Labute approximate surface area is 125 Å². The molecule has 1 nitrogen and oxygen atoms in total. The Balaban J connectivity index is 1.76. The minimum Gasteiger partial charge on any atom is -0.386 e. The Hall–Kier alpha value is -1.93. The van der Waals surface area contributed by atoms with Gasteiger partial charge in [0, 0.05) is 0 Å². The third-order valence-electron chi connectivity index (χ3n) is 3.48. The van der Waals surface area contributed by atoms with Crippen molar-refractivity contribution in [1.82, 2.24) is 0 Å². The van der Waals surface area contributed by atoms with Crippen LogP contribution in [0.5, 0.6) is 0 Å². The Morgan fingerprint density at radius 2 is 1.43 bits per heavy atom. The number of hydrogen-bond acceptors (Lipinski definition) is 1. The van der Waals surface area contributed by atoms with E-state index in [-0.39, 0.29) is 0 Å². The molecule has 0 aliphatic rings. The minimum absolute atomic E-state index is 0.414. The van der Waals surface area contributed by atoms with E-state index in [1.165, 1.54) is 11.6 Å². The molecule has 1 unspecified atom stereocenters. The quantitative estimate of drug-likeness (QED) is 0.795. The third kappa shape index (κ3) is 5.52. The van der Waals surface area contributed by atoms with Gasteiger partial charge in [0.05, 0.1) is 0 Å². The van der Waals surface area contributed by atoms with Crippen molar-refractivity contribution in [2.75, 3.05) is 0 Å². The molecular formula is C19H21FO. The fourth-order valence-corrected chi connectivity index (χ4v) is 2.24. The van der Waals surface area contributed by atoms with Gasteiger partial charge in [0.1, 0.15) is 11.9 Å². The highest BCUT2D eigenvalue weighted by Crippen LogP contribution is 2.14. The number of rotatable bonds is 7. The lowest BCUT2D eigenvalue weighted by Gasteiger charge is -2.08. The predicted octanol–water partition coefficient (Wildman–Crippen LogP) is 4.47. The van der Waals surface area contributed by atoms with Gasteiger partial charge in [-0.15, -0.1) is 0 Å². The lowest BCUT2D eigenvalue weighted by Crippen LogP contribution is -2.08. The Morgan fingerprint density at radius 1 is 0.905 bits per heavy atom. The first-order chi connectivity index (χ1) is 10.3. The molecule has 0 aliphatic heterocycles. The van der Waals surface area contributed by atoms with Gasteiger partial charge in [-0.1, -0.05) is 60.7 Å². The molecule has 1 N–H and O–H groups in total. The Kier molecular flexibility index (Phi) is 6.17. The molecule has 0 aromatic heterocycles. The molecule has 0 heterocycles. The number of allylic oxidation sites excluding steroid dienone is 1. The number of halogens is 1. The Morgan fingerprint density at radius 3 is 2.00 bits per heavy atom. The average molecular weight is 284 g/mol. The molecule has 110 valence electrons. The monoisotopic (exact) mass is 284 g/mol. The first-order valence-corrected chi connectivity index (χ1v) is 7.37. The smallest absolute Gasteiger partial charge is 0.124 e. The third-order valence-corrected chi connectivity index (χ3v) is 3.48. The molecule has 2 rings (SSSR count). The molecule has 21 heavy (non-hydrogen) atoms. The molecule has 0 bridgehead atoms. The van der Waals surface area contributed by atoms with Crippen LogP contribution < -0.4 is 0 Å². The van der Waals surface area contributed by atoms with Gasteiger partial charge in [0.15, 0.2) is 0 Å². The molecule has 0 amide bonds. The molecule has 1 atom stereocenters. The molecule has 0 fully saturated rings. The lowest BCUT2D eigenvalue weighted by atomic mass is 10.0. The highest BCUT2D eigenvalue weighted by Gasteiger charge is 2.10. The number of aryl methyl sites for hydroxylation is 2. The maximum Gasteiger partial charge on any atom is 0.124 e. The SMILES string of the molecule is OC(CCc1ccccc1)/C(F)=C/CCc1ccccc1. The van der Waals surface area contributed by atoms with Crippen LogP contribution in [0, 0.1) is 0 Å². The second-order valence-electron chi connectivity index (χ2n) is 5.15. The summed E-state index contributed by atoms with van der Waals surface area (Å²) in [5, 5.41) is 9.83. The Bertz CT molecular complexity index is 548. The van der Waals surface area contributed by atoms with Crippen LogP contribution >= 0.6 is 0 Å². The van der Waals surface area contributed by atoms with E-state index in [9.17, 15) is 9.50 Å². The van der Waals surface area contributed by atoms with Crippen LogP contribution in [-0.4, -0.2) is 11.2 Å². The summed E-state index contributed by atoms with van der Waals surface area (Å²) in [4.78, 5) is 0. The van der Waals surface area contributed by atoms with E-state index in [0.29, 0.717) is 19.3 Å². The normalized spacial score (nSPS) is 13.1. The van der Waals surface area contributed by atoms with Crippen LogP contribution in [0.4, 0.5) is 4.39 Å². The van der Waals surface area contributed by atoms with Gasteiger partial charge in [-0.2, -0.15) is 0 Å². The van der Waals surface area contributed by atoms with Crippen molar-refractivity contribution in [1.29, 1.82) is 0 Å². The van der Waals surface area contributed by atoms with E-state index in [1.807, 2.05) is 60.7 Å². The molecule has 0 aliphatic carbocycles. The molecular weight excluding hydrogens is 263 g/mol. The maximum absolute atomic E-state index is 13.8. The van der Waals surface area contributed by atoms with Crippen LogP contribution in [0.25, 0.3) is 0 Å². The number of aliphatic hydroxyl groups excluding tert-OH is 1. The molecule has 2 aromatic rings. The second-order valence-corrected chi connectivity index (χ2v) is 5.15. The predicted molar refractivity (Wildman–Crippen MR) is 84.7 cm³/mol. The van der Waals surface area contributed by atoms with Gasteiger partial charge >= 0.3 is 0 Å². The molecule has 0 radical (unpaired) electrons. The fourth-order valence-electron chi connectivity index (χ4n) is 2.24. The average Bonchev–Trinajstić information content (AvgIpc) is 2.54. The second kappa shape index (κ2) is 8.38. The van der Waals surface area contributed by atoms with E-state index in [4.69, 9.17) is 0 Å². The lowest BCUT2D eigenvalue weighted by molar-refractivity contribution is 0.172. The van der Waals surface area contributed by atoms with Gasteiger partial charge in [-0.3, -0.25) is 0 Å². The number of benzene rings is 2. The summed E-state index contributed by atoms with van der Waals surface area (Å²) in [5.41, 5.74) is 2.30. The summed E-state index contributed by atoms with van der Waals surface area (Å²) in [6.45, 7) is 0. The van der Waals surface area contributed by atoms with Gasteiger partial charge in [0.2, 0.25) is 0 Å². The van der Waals surface area contributed by atoms with Crippen molar-refractivity contribution < 1.29 is 9.50 Å². The van der Waals surface area contributed by atoms with E-state index in [2.05, 4.69) is 0 Å². The van der Waals surface area contributed by atoms with Gasteiger partial charge in [-0.05, 0) is 42.9 Å². The number of aliphatic hydroxyl groups is 1. The summed E-state index contributed by atoms with van der Waals surface area (Å²) in [6.07, 6.45) is 3.00. The van der Waals surface area contributed by atoms with E-state index in [1.54, 1.807) is 0 Å². The van der Waals surface area contributed by atoms with Crippen molar-refractivity contribution in [2.45, 2.75) is 31.8 Å². The zero-order valence-electron chi connectivity index (χ0n) is 12.1. The highest BCUT2D eigenvalue weighted by atomic mass is 19.1. The van der Waals surface area contributed by atoms with Gasteiger partial charge < -0.3 is 5.11 Å². The molecule has 0 spiro atoms. The fraction of sp³-hybridized carbons (Fsp3) is 0.263. The largest absolute Gasteiger partial charge is 0.386 e. The molecule has 2 heteroatoms. The van der Waals surface area contributed by atoms with Crippen molar-refractivity contribution in [2.24, 2.45) is 0 Å². The first-order valence-electron chi connectivity index (χ1n) is 7.37. The standard InChI is InChI=1S/C19H21FO/c20-18(13-7-12-16-8-3-1-4-9-16)19(21)15-14-17-10-5-2-6-11-17/h1-6,8-11,13,19,21H,7,12,14-15H2/b18-13-. The topological polar surface area (TPSA) is 20.2 Å². The summed E-state index contributed by atoms with van der Waals surface area (Å²) < 4.78 is 13.8. The molecule has 0 saturated carbocycles. The summed E-state index contributed by atoms with van der Waals surface area (Å²) in [7, 11) is 0. The van der Waals surface area contributed by atoms with Crippen LogP contribution in [0.15, 0.2) is 72.6 Å². The minimum atomic E-state index is -0.999. The van der Waals surface area contributed by atoms with Crippen molar-refractivity contribution in [3.8, 4) is 0 Å². The van der Waals surface area contributed by atoms with Crippen LogP contribution in [-0.2, 0) is 12.8 Å².